The van der Waals surface area contributed by atoms with Crippen LogP contribution in [0.1, 0.15) is 30.2 Å². The molecule has 1 saturated heterocycles. The molecule has 1 aliphatic rings. The number of carbonyl (C=O) groups excluding carboxylic acids is 1. The molecule has 152 valence electrons. The van der Waals surface area contributed by atoms with Gasteiger partial charge in [-0.1, -0.05) is 26.0 Å². The molecule has 2 heterocycles. The van der Waals surface area contributed by atoms with E-state index in [9.17, 15) is 14.3 Å². The van der Waals surface area contributed by atoms with E-state index in [4.69, 9.17) is 4.42 Å². The van der Waals surface area contributed by atoms with Crippen molar-refractivity contribution in [3.63, 3.8) is 0 Å². The molecule has 8 heteroatoms. The molecule has 0 aliphatic carbocycles. The van der Waals surface area contributed by atoms with Crippen molar-refractivity contribution in [1.82, 2.24) is 15.2 Å². The molecule has 1 atom stereocenters. The number of carbonyl (C=O) groups is 1. The highest BCUT2D eigenvalue weighted by Crippen LogP contribution is 2.20. The summed E-state index contributed by atoms with van der Waals surface area (Å²) in [4.78, 5) is 20.7. The number of para-hydroxylation sites is 1. The first-order chi connectivity index (χ1) is 13.5. The minimum absolute atomic E-state index is 0.117. The number of rotatable bonds is 7. The van der Waals surface area contributed by atoms with E-state index in [-0.39, 0.29) is 36.0 Å². The Bertz CT molecular complexity index is 787. The van der Waals surface area contributed by atoms with E-state index in [1.165, 1.54) is 12.3 Å². The average Bonchev–Trinajstić information content (AvgIpc) is 3.15. The molecule has 2 aromatic rings. The number of nitrogens with zero attached hydrogens (tertiary/aromatic N) is 3. The summed E-state index contributed by atoms with van der Waals surface area (Å²) in [5.41, 5.74) is 0.833. The molecule has 0 bridgehead atoms. The van der Waals surface area contributed by atoms with Crippen molar-refractivity contribution in [2.24, 2.45) is 5.92 Å². The van der Waals surface area contributed by atoms with Crippen LogP contribution in [0.15, 0.2) is 34.9 Å². The fourth-order valence-electron chi connectivity index (χ4n) is 3.20. The minimum atomic E-state index is -0.355. The zero-order valence-corrected chi connectivity index (χ0v) is 16.3. The molecule has 1 fully saturated rings. The summed E-state index contributed by atoms with van der Waals surface area (Å²) >= 11 is 0. The SMILES string of the molecule is CC(C)[C@@H](CO)NC(=O)c1coc(CN2CCN(c3ccccc3F)CC2)n1. The molecule has 0 radical (unpaired) electrons. The summed E-state index contributed by atoms with van der Waals surface area (Å²) in [5, 5.41) is 12.1. The van der Waals surface area contributed by atoms with Crippen LogP contribution in [0.5, 0.6) is 0 Å². The lowest BCUT2D eigenvalue weighted by molar-refractivity contribution is 0.0891. The maximum Gasteiger partial charge on any atom is 0.273 e. The monoisotopic (exact) mass is 390 g/mol. The molecule has 0 saturated carbocycles. The molecule has 1 aliphatic heterocycles. The highest BCUT2D eigenvalue weighted by atomic mass is 19.1. The summed E-state index contributed by atoms with van der Waals surface area (Å²) < 4.78 is 19.4. The quantitative estimate of drug-likeness (QED) is 0.751. The number of amides is 1. The number of aromatic nitrogens is 1. The maximum absolute atomic E-state index is 13.9. The lowest BCUT2D eigenvalue weighted by Crippen LogP contribution is -2.46. The molecule has 7 nitrogen and oxygen atoms in total. The molecule has 0 spiro atoms. The van der Waals surface area contributed by atoms with Gasteiger partial charge in [0.15, 0.2) is 5.69 Å². The Hall–Kier alpha value is -2.45. The zero-order valence-electron chi connectivity index (χ0n) is 16.3. The predicted octanol–water partition coefficient (Wildman–Crippen LogP) is 1.88. The van der Waals surface area contributed by atoms with E-state index in [0.717, 1.165) is 13.1 Å². The van der Waals surface area contributed by atoms with E-state index in [0.29, 0.717) is 31.2 Å². The Morgan fingerprint density at radius 1 is 1.29 bits per heavy atom. The van der Waals surface area contributed by atoms with Crippen LogP contribution in [0.2, 0.25) is 0 Å². The molecule has 3 rings (SSSR count). The van der Waals surface area contributed by atoms with Crippen LogP contribution in [0.25, 0.3) is 0 Å². The highest BCUT2D eigenvalue weighted by molar-refractivity contribution is 5.92. The highest BCUT2D eigenvalue weighted by Gasteiger charge is 2.22. The number of aliphatic hydroxyl groups is 1. The number of benzene rings is 1. The molecule has 0 unspecified atom stereocenters. The standard InChI is InChI=1S/C20H27FN4O3/c1-14(2)16(12-26)23-20(27)17-13-28-19(22-17)11-24-7-9-25(10-8-24)18-6-4-3-5-15(18)21/h3-6,13-14,16,26H,7-12H2,1-2H3,(H,23,27)/t16-/m1/s1. The third-order valence-electron chi connectivity index (χ3n) is 5.03. The zero-order chi connectivity index (χ0) is 20.1. The van der Waals surface area contributed by atoms with Crippen LogP contribution in [0.4, 0.5) is 10.1 Å². The normalized spacial score (nSPS) is 16.4. The second-order valence-electron chi connectivity index (χ2n) is 7.35. The van der Waals surface area contributed by atoms with Crippen LogP contribution in [0.3, 0.4) is 0 Å². The van der Waals surface area contributed by atoms with Gasteiger partial charge in [0.2, 0.25) is 5.89 Å². The van der Waals surface area contributed by atoms with E-state index < -0.39 is 0 Å². The lowest BCUT2D eigenvalue weighted by Gasteiger charge is -2.35. The van der Waals surface area contributed by atoms with Crippen molar-refractivity contribution in [3.8, 4) is 0 Å². The summed E-state index contributed by atoms with van der Waals surface area (Å²) in [6.45, 7) is 7.14. The third kappa shape index (κ3) is 4.88. The molecule has 1 aromatic carbocycles. The Kier molecular flexibility index (Phi) is 6.64. The van der Waals surface area contributed by atoms with Gasteiger partial charge in [-0.05, 0) is 18.1 Å². The van der Waals surface area contributed by atoms with E-state index in [1.54, 1.807) is 12.1 Å². The van der Waals surface area contributed by atoms with E-state index in [1.807, 2.05) is 24.8 Å². The number of hydrogen-bond acceptors (Lipinski definition) is 6. The van der Waals surface area contributed by atoms with Gasteiger partial charge in [0.1, 0.15) is 12.1 Å². The number of nitrogens with one attached hydrogen (secondary N) is 1. The fourth-order valence-corrected chi connectivity index (χ4v) is 3.20. The number of aliphatic hydroxyl groups excluding tert-OH is 1. The van der Waals surface area contributed by atoms with Crippen molar-refractivity contribution in [2.75, 3.05) is 37.7 Å². The van der Waals surface area contributed by atoms with Gasteiger partial charge in [0.25, 0.3) is 5.91 Å². The Morgan fingerprint density at radius 3 is 2.64 bits per heavy atom. The number of anilines is 1. The number of oxazole rings is 1. The van der Waals surface area contributed by atoms with Crippen LogP contribution >= 0.6 is 0 Å². The summed E-state index contributed by atoms with van der Waals surface area (Å²) in [5.74, 6) is 0.0228. The molecular formula is C20H27FN4O3. The molecule has 28 heavy (non-hydrogen) atoms. The Morgan fingerprint density at radius 2 is 2.00 bits per heavy atom. The van der Waals surface area contributed by atoms with Crippen LogP contribution in [-0.4, -0.2) is 59.7 Å². The number of hydrogen-bond donors (Lipinski definition) is 2. The van der Waals surface area contributed by atoms with E-state index >= 15 is 0 Å². The van der Waals surface area contributed by atoms with Gasteiger partial charge in [-0.15, -0.1) is 0 Å². The average molecular weight is 390 g/mol. The van der Waals surface area contributed by atoms with Crippen LogP contribution < -0.4 is 10.2 Å². The van der Waals surface area contributed by atoms with Gasteiger partial charge in [-0.25, -0.2) is 9.37 Å². The molecule has 1 aromatic heterocycles. The number of piperazine rings is 1. The Labute approximate surface area is 164 Å². The first kappa shape index (κ1) is 20.3. The summed E-state index contributed by atoms with van der Waals surface area (Å²) in [6, 6.07) is 6.47. The summed E-state index contributed by atoms with van der Waals surface area (Å²) in [6.07, 6.45) is 1.34. The lowest BCUT2D eigenvalue weighted by atomic mass is 10.1. The second-order valence-corrected chi connectivity index (χ2v) is 7.35. The maximum atomic E-state index is 13.9. The molecular weight excluding hydrogens is 363 g/mol. The first-order valence-corrected chi connectivity index (χ1v) is 9.56. The molecule has 1 amide bonds. The minimum Gasteiger partial charge on any atom is -0.447 e. The third-order valence-corrected chi connectivity index (χ3v) is 5.03. The van der Waals surface area contributed by atoms with Crippen molar-refractivity contribution < 1.29 is 18.7 Å². The van der Waals surface area contributed by atoms with Crippen molar-refractivity contribution in [2.45, 2.75) is 26.4 Å². The second kappa shape index (κ2) is 9.16. The predicted molar refractivity (Wildman–Crippen MR) is 104 cm³/mol. The van der Waals surface area contributed by atoms with Crippen molar-refractivity contribution in [3.05, 3.63) is 47.9 Å². The van der Waals surface area contributed by atoms with E-state index in [2.05, 4.69) is 15.2 Å². The topological polar surface area (TPSA) is 81.8 Å². The Balaban J connectivity index is 1.52. The van der Waals surface area contributed by atoms with Crippen molar-refractivity contribution >= 4 is 11.6 Å². The van der Waals surface area contributed by atoms with Crippen LogP contribution in [0, 0.1) is 11.7 Å². The van der Waals surface area contributed by atoms with Gasteiger partial charge >= 0.3 is 0 Å². The van der Waals surface area contributed by atoms with Gasteiger partial charge in [-0.3, -0.25) is 9.69 Å². The molecule has 2 N–H and O–H groups in total. The van der Waals surface area contributed by atoms with Gasteiger partial charge in [0.05, 0.1) is 24.9 Å². The van der Waals surface area contributed by atoms with Crippen LogP contribution in [-0.2, 0) is 6.54 Å². The van der Waals surface area contributed by atoms with Gasteiger partial charge in [0, 0.05) is 26.2 Å². The fraction of sp³-hybridized carbons (Fsp3) is 0.500. The number of halogens is 1. The summed E-state index contributed by atoms with van der Waals surface area (Å²) in [7, 11) is 0. The van der Waals surface area contributed by atoms with Gasteiger partial charge < -0.3 is 19.7 Å². The van der Waals surface area contributed by atoms with Gasteiger partial charge in [-0.2, -0.15) is 0 Å². The first-order valence-electron chi connectivity index (χ1n) is 9.56. The largest absolute Gasteiger partial charge is 0.447 e. The van der Waals surface area contributed by atoms with Crippen molar-refractivity contribution in [1.29, 1.82) is 0 Å². The smallest absolute Gasteiger partial charge is 0.273 e.